The molecule has 3 rings (SSSR count). The summed E-state index contributed by atoms with van der Waals surface area (Å²) in [5, 5.41) is 3.36. The number of pyridine rings is 2. The maximum atomic E-state index is 12.6. The summed E-state index contributed by atoms with van der Waals surface area (Å²) >= 11 is 0. The van der Waals surface area contributed by atoms with Crippen LogP contribution in [0.4, 0.5) is 11.6 Å². The number of anilines is 2. The second-order valence-corrected chi connectivity index (χ2v) is 5.24. The molecule has 0 amide bonds. The summed E-state index contributed by atoms with van der Waals surface area (Å²) in [4.78, 5) is 23.2. The number of rotatable bonds is 3. The molecule has 2 aromatic rings. The summed E-state index contributed by atoms with van der Waals surface area (Å²) in [6, 6.07) is 8.90. The van der Waals surface area contributed by atoms with Crippen LogP contribution in [0.25, 0.3) is 0 Å². The number of hydrogen-bond donors (Lipinski definition) is 2. The predicted octanol–water partition coefficient (Wildman–Crippen LogP) is 1.09. The van der Waals surface area contributed by atoms with Gasteiger partial charge in [-0.3, -0.25) is 4.79 Å². The lowest BCUT2D eigenvalue weighted by atomic mass is 10.1. The third kappa shape index (κ3) is 3.07. The topological polar surface area (TPSA) is 84.1 Å². The number of nitrogens with one attached hydrogen (secondary N) is 1. The quantitative estimate of drug-likeness (QED) is 0.825. The molecule has 0 spiro atoms. The smallest absolute Gasteiger partial charge is 0.215 e. The normalized spacial score (nSPS) is 15.4. The molecule has 0 atom stereocenters. The summed E-state index contributed by atoms with van der Waals surface area (Å²) in [5.41, 5.74) is 6.57. The van der Waals surface area contributed by atoms with Gasteiger partial charge in [-0.05, 0) is 37.2 Å². The van der Waals surface area contributed by atoms with Gasteiger partial charge in [0, 0.05) is 25.8 Å². The third-order valence-electron chi connectivity index (χ3n) is 3.71. The zero-order valence-corrected chi connectivity index (χ0v) is 12.3. The van der Waals surface area contributed by atoms with E-state index in [1.54, 1.807) is 24.4 Å². The number of hydrogen-bond acceptors (Lipinski definition) is 6. The first-order chi connectivity index (χ1) is 10.8. The number of carbonyl (C=O) groups excluding carboxylic acids is 1. The van der Waals surface area contributed by atoms with E-state index in [9.17, 15) is 4.79 Å². The van der Waals surface area contributed by atoms with Gasteiger partial charge in [0.15, 0.2) is 0 Å². The van der Waals surface area contributed by atoms with Crippen molar-refractivity contribution in [2.45, 2.75) is 6.42 Å². The Labute approximate surface area is 129 Å². The van der Waals surface area contributed by atoms with Crippen molar-refractivity contribution >= 4 is 17.4 Å². The van der Waals surface area contributed by atoms with Crippen LogP contribution in [0.3, 0.4) is 0 Å². The number of nitrogens with two attached hydrogens (primary N) is 1. The Morgan fingerprint density at radius 1 is 1.18 bits per heavy atom. The number of aromatic nitrogens is 2. The standard InChI is InChI=1S/C16H19N5O/c17-16-12(4-2-8-19-16)15(22)13-5-1-6-14(20-13)21-10-3-7-18-9-11-21/h1-2,4-6,8,18H,3,7,9-11H2,(H2,17,19). The van der Waals surface area contributed by atoms with E-state index in [1.165, 1.54) is 0 Å². The van der Waals surface area contributed by atoms with E-state index in [0.717, 1.165) is 38.4 Å². The summed E-state index contributed by atoms with van der Waals surface area (Å²) in [6.45, 7) is 3.77. The van der Waals surface area contributed by atoms with E-state index in [2.05, 4.69) is 20.2 Å². The highest BCUT2D eigenvalue weighted by Gasteiger charge is 2.17. The lowest BCUT2D eigenvalue weighted by Crippen LogP contribution is -2.29. The van der Waals surface area contributed by atoms with Crippen LogP contribution in [0.1, 0.15) is 22.5 Å². The molecule has 3 N–H and O–H groups in total. The molecule has 6 heteroatoms. The van der Waals surface area contributed by atoms with Crippen molar-refractivity contribution in [1.29, 1.82) is 0 Å². The molecular formula is C16H19N5O. The Morgan fingerprint density at radius 3 is 2.95 bits per heavy atom. The van der Waals surface area contributed by atoms with Crippen molar-refractivity contribution in [3.05, 3.63) is 47.8 Å². The van der Waals surface area contributed by atoms with Crippen LogP contribution < -0.4 is 16.0 Å². The van der Waals surface area contributed by atoms with Crippen molar-refractivity contribution in [1.82, 2.24) is 15.3 Å². The monoisotopic (exact) mass is 297 g/mol. The van der Waals surface area contributed by atoms with E-state index in [1.807, 2.05) is 12.1 Å². The molecule has 0 aromatic carbocycles. The van der Waals surface area contributed by atoms with Gasteiger partial charge in [0.25, 0.3) is 0 Å². The van der Waals surface area contributed by atoms with Crippen LogP contribution >= 0.6 is 0 Å². The van der Waals surface area contributed by atoms with Gasteiger partial charge in [0.1, 0.15) is 17.3 Å². The molecule has 6 nitrogen and oxygen atoms in total. The summed E-state index contributed by atoms with van der Waals surface area (Å²) in [5.74, 6) is 0.871. The first-order valence-electron chi connectivity index (χ1n) is 7.43. The summed E-state index contributed by atoms with van der Waals surface area (Å²) < 4.78 is 0. The Morgan fingerprint density at radius 2 is 2.09 bits per heavy atom. The van der Waals surface area contributed by atoms with Crippen LogP contribution in [0.2, 0.25) is 0 Å². The maximum absolute atomic E-state index is 12.6. The lowest BCUT2D eigenvalue weighted by Gasteiger charge is -2.21. The van der Waals surface area contributed by atoms with E-state index in [-0.39, 0.29) is 11.6 Å². The average Bonchev–Trinajstić information content (AvgIpc) is 2.84. The largest absolute Gasteiger partial charge is 0.383 e. The van der Waals surface area contributed by atoms with Gasteiger partial charge < -0.3 is 16.0 Å². The molecule has 22 heavy (non-hydrogen) atoms. The molecule has 1 saturated heterocycles. The van der Waals surface area contributed by atoms with Gasteiger partial charge in [0.05, 0.1) is 5.56 Å². The molecular weight excluding hydrogens is 278 g/mol. The fourth-order valence-electron chi connectivity index (χ4n) is 2.55. The van der Waals surface area contributed by atoms with Crippen molar-refractivity contribution in [3.63, 3.8) is 0 Å². The Bertz CT molecular complexity index is 665. The highest BCUT2D eigenvalue weighted by atomic mass is 16.1. The zero-order valence-electron chi connectivity index (χ0n) is 12.3. The summed E-state index contributed by atoms with van der Waals surface area (Å²) in [6.07, 6.45) is 2.63. The number of nitrogen functional groups attached to an aromatic ring is 1. The molecule has 0 aliphatic carbocycles. The SMILES string of the molecule is Nc1ncccc1C(=O)c1cccc(N2CCCNCC2)n1. The minimum atomic E-state index is -0.194. The third-order valence-corrected chi connectivity index (χ3v) is 3.71. The minimum absolute atomic E-state index is 0.194. The molecule has 0 radical (unpaired) electrons. The second-order valence-electron chi connectivity index (χ2n) is 5.24. The van der Waals surface area contributed by atoms with Crippen LogP contribution in [0, 0.1) is 0 Å². The van der Waals surface area contributed by atoms with Gasteiger partial charge in [0.2, 0.25) is 5.78 Å². The van der Waals surface area contributed by atoms with Gasteiger partial charge in [-0.2, -0.15) is 0 Å². The molecule has 114 valence electrons. The van der Waals surface area contributed by atoms with Gasteiger partial charge in [-0.25, -0.2) is 9.97 Å². The number of ketones is 1. The molecule has 0 saturated carbocycles. The Balaban J connectivity index is 1.87. The molecule has 0 unspecified atom stereocenters. The fourth-order valence-corrected chi connectivity index (χ4v) is 2.55. The zero-order chi connectivity index (χ0) is 15.4. The van der Waals surface area contributed by atoms with E-state index >= 15 is 0 Å². The van der Waals surface area contributed by atoms with Crippen molar-refractivity contribution in [3.8, 4) is 0 Å². The molecule has 1 aliphatic heterocycles. The fraction of sp³-hybridized carbons (Fsp3) is 0.312. The Hall–Kier alpha value is -2.47. The molecule has 1 fully saturated rings. The van der Waals surface area contributed by atoms with E-state index in [0.29, 0.717) is 11.3 Å². The Kier molecular flexibility index (Phi) is 4.29. The average molecular weight is 297 g/mol. The number of nitrogens with zero attached hydrogens (tertiary/aromatic N) is 3. The highest BCUT2D eigenvalue weighted by molar-refractivity contribution is 6.10. The summed E-state index contributed by atoms with van der Waals surface area (Å²) in [7, 11) is 0. The van der Waals surface area contributed by atoms with E-state index in [4.69, 9.17) is 5.73 Å². The van der Waals surface area contributed by atoms with Gasteiger partial charge in [-0.15, -0.1) is 0 Å². The number of carbonyl (C=O) groups is 1. The second kappa shape index (κ2) is 6.53. The lowest BCUT2D eigenvalue weighted by molar-refractivity contribution is 0.103. The molecule has 0 bridgehead atoms. The van der Waals surface area contributed by atoms with E-state index < -0.39 is 0 Å². The van der Waals surface area contributed by atoms with Gasteiger partial charge >= 0.3 is 0 Å². The predicted molar refractivity (Wildman–Crippen MR) is 86.0 cm³/mol. The maximum Gasteiger partial charge on any atom is 0.215 e. The van der Waals surface area contributed by atoms with Gasteiger partial charge in [-0.1, -0.05) is 6.07 Å². The molecule has 2 aromatic heterocycles. The minimum Gasteiger partial charge on any atom is -0.383 e. The van der Waals surface area contributed by atoms with Crippen molar-refractivity contribution in [2.75, 3.05) is 36.8 Å². The van der Waals surface area contributed by atoms with Crippen LogP contribution in [0.5, 0.6) is 0 Å². The van der Waals surface area contributed by atoms with Crippen LogP contribution in [-0.2, 0) is 0 Å². The molecule has 1 aliphatic rings. The highest BCUT2D eigenvalue weighted by Crippen LogP contribution is 2.17. The first-order valence-corrected chi connectivity index (χ1v) is 7.43. The van der Waals surface area contributed by atoms with Crippen LogP contribution in [-0.4, -0.2) is 41.9 Å². The molecule has 3 heterocycles. The van der Waals surface area contributed by atoms with Crippen molar-refractivity contribution < 1.29 is 4.79 Å². The van der Waals surface area contributed by atoms with Crippen molar-refractivity contribution in [2.24, 2.45) is 0 Å². The first kappa shape index (κ1) is 14.5. The van der Waals surface area contributed by atoms with Crippen LogP contribution in [0.15, 0.2) is 36.5 Å².